The number of para-hydroxylation sites is 1. The number of anilines is 3. The molecule has 0 spiro atoms. The number of amides is 1. The molecule has 4 rings (SSSR count). The van der Waals surface area contributed by atoms with Crippen LogP contribution in [0.15, 0.2) is 42.6 Å². The maximum atomic E-state index is 12.4. The van der Waals surface area contributed by atoms with E-state index in [1.165, 1.54) is 12.8 Å². The summed E-state index contributed by atoms with van der Waals surface area (Å²) in [7, 11) is 0. The molecule has 0 saturated heterocycles. The average molecular weight is 293 g/mol. The largest absolute Gasteiger partial charge is 0.340 e. The van der Waals surface area contributed by atoms with Gasteiger partial charge in [0.25, 0.3) is 0 Å². The number of hydrogen-bond acceptors (Lipinski definition) is 3. The predicted molar refractivity (Wildman–Crippen MR) is 87.4 cm³/mol. The third kappa shape index (κ3) is 2.34. The molecule has 112 valence electrons. The fourth-order valence-electron chi connectivity index (χ4n) is 3.52. The van der Waals surface area contributed by atoms with Crippen LogP contribution in [-0.2, 0) is 11.2 Å². The zero-order valence-corrected chi connectivity index (χ0v) is 12.5. The van der Waals surface area contributed by atoms with Gasteiger partial charge in [0, 0.05) is 29.6 Å². The van der Waals surface area contributed by atoms with Gasteiger partial charge in [0.2, 0.25) is 5.91 Å². The Morgan fingerprint density at radius 1 is 1.14 bits per heavy atom. The summed E-state index contributed by atoms with van der Waals surface area (Å²) in [6, 6.07) is 12.4. The van der Waals surface area contributed by atoms with Gasteiger partial charge in [0.05, 0.1) is 12.1 Å². The lowest BCUT2D eigenvalue weighted by molar-refractivity contribution is -0.117. The van der Waals surface area contributed by atoms with E-state index in [1.807, 2.05) is 47.5 Å². The van der Waals surface area contributed by atoms with E-state index in [4.69, 9.17) is 0 Å². The van der Waals surface area contributed by atoms with Crippen LogP contribution in [0.3, 0.4) is 0 Å². The highest BCUT2D eigenvalue weighted by Gasteiger charge is 2.34. The van der Waals surface area contributed by atoms with Crippen molar-refractivity contribution in [3.63, 3.8) is 0 Å². The van der Waals surface area contributed by atoms with E-state index < -0.39 is 0 Å². The molecule has 1 fully saturated rings. The number of nitrogens with one attached hydrogen (secondary N) is 1. The number of pyridine rings is 1. The van der Waals surface area contributed by atoms with Crippen molar-refractivity contribution in [2.75, 3.05) is 10.2 Å². The number of aromatic nitrogens is 1. The topological polar surface area (TPSA) is 45.2 Å². The van der Waals surface area contributed by atoms with E-state index in [0.717, 1.165) is 35.6 Å². The van der Waals surface area contributed by atoms with Crippen LogP contribution in [0.4, 0.5) is 17.2 Å². The van der Waals surface area contributed by atoms with E-state index >= 15 is 0 Å². The SMILES string of the molecule is O=C1Cc2cnc(Nc3ccccc3)cc2N1C1CCCC1. The summed E-state index contributed by atoms with van der Waals surface area (Å²) in [5.74, 6) is 1.02. The van der Waals surface area contributed by atoms with Crippen LogP contribution in [0.2, 0.25) is 0 Å². The second kappa shape index (κ2) is 5.44. The van der Waals surface area contributed by atoms with Gasteiger partial charge >= 0.3 is 0 Å². The Morgan fingerprint density at radius 3 is 2.68 bits per heavy atom. The minimum absolute atomic E-state index is 0.223. The first-order chi connectivity index (χ1) is 10.8. The molecule has 1 aliphatic heterocycles. The van der Waals surface area contributed by atoms with E-state index in [1.54, 1.807) is 0 Å². The number of carbonyl (C=O) groups excluding carboxylic acids is 1. The monoisotopic (exact) mass is 293 g/mol. The minimum atomic E-state index is 0.223. The molecular formula is C18H19N3O. The molecule has 1 aliphatic carbocycles. The zero-order chi connectivity index (χ0) is 14.9. The summed E-state index contributed by atoms with van der Waals surface area (Å²) in [6.07, 6.45) is 7.02. The number of carbonyl (C=O) groups is 1. The molecule has 22 heavy (non-hydrogen) atoms. The fourth-order valence-corrected chi connectivity index (χ4v) is 3.52. The number of benzene rings is 1. The molecule has 4 nitrogen and oxygen atoms in total. The molecule has 2 aliphatic rings. The molecule has 1 aromatic heterocycles. The van der Waals surface area contributed by atoms with Crippen LogP contribution in [0.25, 0.3) is 0 Å². The van der Waals surface area contributed by atoms with Crippen molar-refractivity contribution < 1.29 is 4.79 Å². The van der Waals surface area contributed by atoms with E-state index in [-0.39, 0.29) is 5.91 Å². The van der Waals surface area contributed by atoms with Crippen molar-refractivity contribution in [1.82, 2.24) is 4.98 Å². The zero-order valence-electron chi connectivity index (χ0n) is 12.5. The molecule has 0 unspecified atom stereocenters. The van der Waals surface area contributed by atoms with Gasteiger partial charge < -0.3 is 10.2 Å². The maximum Gasteiger partial charge on any atom is 0.231 e. The normalized spacial score (nSPS) is 17.8. The summed E-state index contributed by atoms with van der Waals surface area (Å²) in [4.78, 5) is 18.8. The van der Waals surface area contributed by atoms with Gasteiger partial charge in [-0.25, -0.2) is 4.98 Å². The van der Waals surface area contributed by atoms with E-state index in [2.05, 4.69) is 10.3 Å². The first kappa shape index (κ1) is 13.3. The quantitative estimate of drug-likeness (QED) is 0.939. The van der Waals surface area contributed by atoms with Crippen molar-refractivity contribution in [2.24, 2.45) is 0 Å². The fraction of sp³-hybridized carbons (Fsp3) is 0.333. The average Bonchev–Trinajstić information content (AvgIpc) is 3.14. The van der Waals surface area contributed by atoms with Crippen LogP contribution < -0.4 is 10.2 Å². The van der Waals surface area contributed by atoms with Crippen molar-refractivity contribution in [1.29, 1.82) is 0 Å². The van der Waals surface area contributed by atoms with Gasteiger partial charge in [-0.05, 0) is 25.0 Å². The van der Waals surface area contributed by atoms with E-state index in [9.17, 15) is 4.79 Å². The second-order valence-corrected chi connectivity index (χ2v) is 6.07. The van der Waals surface area contributed by atoms with Crippen LogP contribution >= 0.6 is 0 Å². The lowest BCUT2D eigenvalue weighted by Gasteiger charge is -2.25. The maximum absolute atomic E-state index is 12.4. The van der Waals surface area contributed by atoms with Crippen molar-refractivity contribution >= 4 is 23.1 Å². The highest BCUT2D eigenvalue weighted by Crippen LogP contribution is 2.36. The predicted octanol–water partition coefficient (Wildman–Crippen LogP) is 3.66. The standard InChI is InChI=1S/C18H19N3O/c22-18-10-13-12-19-17(20-14-6-2-1-3-7-14)11-16(13)21(18)15-8-4-5-9-15/h1-3,6-7,11-12,15H,4-5,8-10H2,(H,19,20). The Balaban J connectivity index is 1.64. The molecule has 0 bridgehead atoms. The Morgan fingerprint density at radius 2 is 1.91 bits per heavy atom. The van der Waals surface area contributed by atoms with Gasteiger partial charge in [0.15, 0.2) is 0 Å². The Labute approximate surface area is 130 Å². The molecule has 2 aromatic rings. The molecule has 1 aromatic carbocycles. The molecule has 1 N–H and O–H groups in total. The van der Waals surface area contributed by atoms with Crippen LogP contribution in [-0.4, -0.2) is 16.9 Å². The Kier molecular flexibility index (Phi) is 3.29. The summed E-state index contributed by atoms with van der Waals surface area (Å²) in [5.41, 5.74) is 3.10. The smallest absolute Gasteiger partial charge is 0.231 e. The second-order valence-electron chi connectivity index (χ2n) is 6.07. The lowest BCUT2D eigenvalue weighted by atomic mass is 10.2. The Bertz CT molecular complexity index is 693. The summed E-state index contributed by atoms with van der Waals surface area (Å²) < 4.78 is 0. The number of rotatable bonds is 3. The van der Waals surface area contributed by atoms with Gasteiger partial charge in [-0.3, -0.25) is 4.79 Å². The first-order valence-corrected chi connectivity index (χ1v) is 7.94. The summed E-state index contributed by atoms with van der Waals surface area (Å²) >= 11 is 0. The molecule has 1 saturated carbocycles. The Hall–Kier alpha value is -2.36. The molecule has 2 heterocycles. The van der Waals surface area contributed by atoms with Crippen LogP contribution in [0.1, 0.15) is 31.2 Å². The van der Waals surface area contributed by atoms with Crippen molar-refractivity contribution in [3.05, 3.63) is 48.2 Å². The number of nitrogens with zero attached hydrogens (tertiary/aromatic N) is 2. The molecule has 0 radical (unpaired) electrons. The first-order valence-electron chi connectivity index (χ1n) is 7.94. The molecule has 4 heteroatoms. The van der Waals surface area contributed by atoms with E-state index in [0.29, 0.717) is 12.5 Å². The number of fused-ring (bicyclic) bond motifs is 1. The summed E-state index contributed by atoms with van der Waals surface area (Å²) in [5, 5.41) is 3.31. The van der Waals surface area contributed by atoms with Crippen LogP contribution in [0, 0.1) is 0 Å². The van der Waals surface area contributed by atoms with Gasteiger partial charge in [-0.15, -0.1) is 0 Å². The summed E-state index contributed by atoms with van der Waals surface area (Å²) in [6.45, 7) is 0. The molecular weight excluding hydrogens is 274 g/mol. The highest BCUT2D eigenvalue weighted by atomic mass is 16.2. The molecule has 1 amide bonds. The third-order valence-electron chi connectivity index (χ3n) is 4.57. The highest BCUT2D eigenvalue weighted by molar-refractivity contribution is 6.02. The van der Waals surface area contributed by atoms with Gasteiger partial charge in [-0.2, -0.15) is 0 Å². The third-order valence-corrected chi connectivity index (χ3v) is 4.57. The number of hydrogen-bond donors (Lipinski definition) is 1. The molecule has 0 atom stereocenters. The van der Waals surface area contributed by atoms with Crippen molar-refractivity contribution in [2.45, 2.75) is 38.1 Å². The van der Waals surface area contributed by atoms with Crippen molar-refractivity contribution in [3.8, 4) is 0 Å². The van der Waals surface area contributed by atoms with Gasteiger partial charge in [-0.1, -0.05) is 31.0 Å². The lowest BCUT2D eigenvalue weighted by Crippen LogP contribution is -2.35. The van der Waals surface area contributed by atoms with Gasteiger partial charge in [0.1, 0.15) is 5.82 Å². The minimum Gasteiger partial charge on any atom is -0.340 e. The van der Waals surface area contributed by atoms with Crippen LogP contribution in [0.5, 0.6) is 0 Å².